The lowest BCUT2D eigenvalue weighted by atomic mass is 10.0. The molecule has 0 aliphatic heterocycles. The molecular weight excluding hydrogens is 379 g/mol. The fourth-order valence-electron chi connectivity index (χ4n) is 1.42. The number of hydrogen-bond donors (Lipinski definition) is 0. The Morgan fingerprint density at radius 3 is 2.38 bits per heavy atom. The van der Waals surface area contributed by atoms with Crippen LogP contribution in [0.2, 0.25) is 0 Å². The third kappa shape index (κ3) is 2.35. The molecule has 2 aromatic carbocycles. The minimum Gasteiger partial charge on any atom is -0.289 e. The molecule has 0 fully saturated rings. The van der Waals surface area contributed by atoms with Gasteiger partial charge in [0.1, 0.15) is 0 Å². The standard InChI is InChI=1S/C13H8BrIO/c14-11-8-4-7-10(12(11)15)13(16)9-5-2-1-3-6-9/h1-8H. The lowest BCUT2D eigenvalue weighted by molar-refractivity contribution is 0.103. The second-order valence-electron chi connectivity index (χ2n) is 3.30. The van der Waals surface area contributed by atoms with Gasteiger partial charge < -0.3 is 0 Å². The highest BCUT2D eigenvalue weighted by atomic mass is 127. The van der Waals surface area contributed by atoms with Gasteiger partial charge >= 0.3 is 0 Å². The van der Waals surface area contributed by atoms with E-state index in [1.54, 1.807) is 0 Å². The molecule has 16 heavy (non-hydrogen) atoms. The minimum atomic E-state index is 0.0614. The normalized spacial score (nSPS) is 10.1. The predicted octanol–water partition coefficient (Wildman–Crippen LogP) is 4.28. The van der Waals surface area contributed by atoms with Crippen molar-refractivity contribution in [2.45, 2.75) is 0 Å². The van der Waals surface area contributed by atoms with Gasteiger partial charge in [-0.15, -0.1) is 0 Å². The summed E-state index contributed by atoms with van der Waals surface area (Å²) in [5.74, 6) is 0.0614. The van der Waals surface area contributed by atoms with Gasteiger partial charge in [-0.05, 0) is 50.7 Å². The van der Waals surface area contributed by atoms with Crippen LogP contribution >= 0.6 is 38.5 Å². The van der Waals surface area contributed by atoms with Crippen LogP contribution in [-0.4, -0.2) is 5.78 Å². The van der Waals surface area contributed by atoms with Gasteiger partial charge in [0.25, 0.3) is 0 Å². The first-order chi connectivity index (χ1) is 7.70. The monoisotopic (exact) mass is 386 g/mol. The van der Waals surface area contributed by atoms with Crippen molar-refractivity contribution in [3.05, 3.63) is 67.7 Å². The van der Waals surface area contributed by atoms with E-state index in [2.05, 4.69) is 38.5 Å². The first-order valence-corrected chi connectivity index (χ1v) is 6.61. The third-order valence-corrected chi connectivity index (χ3v) is 4.80. The lowest BCUT2D eigenvalue weighted by Crippen LogP contribution is -2.03. The summed E-state index contributed by atoms with van der Waals surface area (Å²) in [7, 11) is 0. The highest BCUT2D eigenvalue weighted by molar-refractivity contribution is 14.1. The fourth-order valence-corrected chi connectivity index (χ4v) is 2.39. The largest absolute Gasteiger partial charge is 0.289 e. The Balaban J connectivity index is 2.46. The zero-order valence-corrected chi connectivity index (χ0v) is 12.0. The molecule has 0 saturated carbocycles. The van der Waals surface area contributed by atoms with Crippen LogP contribution in [0.15, 0.2) is 53.0 Å². The molecule has 3 heteroatoms. The van der Waals surface area contributed by atoms with E-state index in [9.17, 15) is 4.79 Å². The molecule has 0 aromatic heterocycles. The van der Waals surface area contributed by atoms with E-state index in [1.807, 2.05) is 48.5 Å². The quantitative estimate of drug-likeness (QED) is 0.556. The summed E-state index contributed by atoms with van der Waals surface area (Å²) in [6.07, 6.45) is 0. The molecule has 0 atom stereocenters. The summed E-state index contributed by atoms with van der Waals surface area (Å²) < 4.78 is 1.91. The Labute approximate surface area is 116 Å². The Morgan fingerprint density at radius 2 is 1.69 bits per heavy atom. The maximum absolute atomic E-state index is 12.2. The number of benzene rings is 2. The van der Waals surface area contributed by atoms with E-state index >= 15 is 0 Å². The highest BCUT2D eigenvalue weighted by Crippen LogP contribution is 2.24. The summed E-state index contributed by atoms with van der Waals surface area (Å²) in [4.78, 5) is 12.2. The second kappa shape index (κ2) is 5.10. The first kappa shape index (κ1) is 11.8. The van der Waals surface area contributed by atoms with Gasteiger partial charge in [-0.2, -0.15) is 0 Å². The number of carbonyl (C=O) groups excluding carboxylic acids is 1. The highest BCUT2D eigenvalue weighted by Gasteiger charge is 2.13. The van der Waals surface area contributed by atoms with Crippen molar-refractivity contribution in [3.63, 3.8) is 0 Å². The summed E-state index contributed by atoms with van der Waals surface area (Å²) in [6.45, 7) is 0. The van der Waals surface area contributed by atoms with Crippen LogP contribution in [0, 0.1) is 3.57 Å². The van der Waals surface area contributed by atoms with Crippen molar-refractivity contribution in [1.29, 1.82) is 0 Å². The van der Waals surface area contributed by atoms with Crippen LogP contribution in [-0.2, 0) is 0 Å². The number of ketones is 1. The van der Waals surface area contributed by atoms with E-state index in [0.29, 0.717) is 0 Å². The molecule has 1 nitrogen and oxygen atoms in total. The zero-order valence-electron chi connectivity index (χ0n) is 8.28. The van der Waals surface area contributed by atoms with Crippen molar-refractivity contribution in [1.82, 2.24) is 0 Å². The number of carbonyl (C=O) groups is 1. The summed E-state index contributed by atoms with van der Waals surface area (Å²) in [5.41, 5.74) is 1.46. The van der Waals surface area contributed by atoms with Crippen LogP contribution in [0.5, 0.6) is 0 Å². The molecule has 0 unspecified atom stereocenters. The SMILES string of the molecule is O=C(c1ccccc1)c1cccc(Br)c1I. The van der Waals surface area contributed by atoms with E-state index in [4.69, 9.17) is 0 Å². The molecule has 0 aliphatic rings. The van der Waals surface area contributed by atoms with Crippen LogP contribution in [0.3, 0.4) is 0 Å². The van der Waals surface area contributed by atoms with E-state index in [1.165, 1.54) is 0 Å². The maximum Gasteiger partial charge on any atom is 0.194 e. The van der Waals surface area contributed by atoms with E-state index in [0.717, 1.165) is 19.2 Å². The van der Waals surface area contributed by atoms with Crippen LogP contribution in [0.4, 0.5) is 0 Å². The molecule has 0 radical (unpaired) electrons. The minimum absolute atomic E-state index is 0.0614. The Kier molecular flexibility index (Phi) is 3.76. The Hall–Kier alpha value is -0.680. The molecule has 0 bridgehead atoms. The average molecular weight is 387 g/mol. The topological polar surface area (TPSA) is 17.1 Å². The molecule has 2 rings (SSSR count). The number of halogens is 2. The van der Waals surface area contributed by atoms with Crippen LogP contribution in [0.1, 0.15) is 15.9 Å². The molecule has 0 amide bonds. The first-order valence-electron chi connectivity index (χ1n) is 4.74. The van der Waals surface area contributed by atoms with Gasteiger partial charge in [-0.25, -0.2) is 0 Å². The Morgan fingerprint density at radius 1 is 1.00 bits per heavy atom. The van der Waals surface area contributed by atoms with Crippen LogP contribution < -0.4 is 0 Å². The van der Waals surface area contributed by atoms with E-state index < -0.39 is 0 Å². The third-order valence-electron chi connectivity index (χ3n) is 2.23. The smallest absolute Gasteiger partial charge is 0.194 e. The van der Waals surface area contributed by atoms with E-state index in [-0.39, 0.29) is 5.78 Å². The molecule has 0 saturated heterocycles. The van der Waals surface area contributed by atoms with Gasteiger partial charge in [0.05, 0.1) is 0 Å². The van der Waals surface area contributed by atoms with Crippen molar-refractivity contribution < 1.29 is 4.79 Å². The Bertz CT molecular complexity index is 523. The molecule has 0 spiro atoms. The van der Waals surface area contributed by atoms with Crippen molar-refractivity contribution in [2.24, 2.45) is 0 Å². The van der Waals surface area contributed by atoms with Gasteiger partial charge in [0.15, 0.2) is 5.78 Å². The molecule has 0 aliphatic carbocycles. The average Bonchev–Trinajstić information content (AvgIpc) is 2.33. The second-order valence-corrected chi connectivity index (χ2v) is 5.23. The lowest BCUT2D eigenvalue weighted by Gasteiger charge is -2.05. The summed E-state index contributed by atoms with van der Waals surface area (Å²) in [5, 5.41) is 0. The molecular formula is C13H8BrIO. The van der Waals surface area contributed by atoms with Gasteiger partial charge in [0, 0.05) is 19.2 Å². The van der Waals surface area contributed by atoms with Gasteiger partial charge in [0.2, 0.25) is 0 Å². The summed E-state index contributed by atoms with van der Waals surface area (Å²) in [6, 6.07) is 15.0. The maximum atomic E-state index is 12.2. The fraction of sp³-hybridized carbons (Fsp3) is 0. The predicted molar refractivity (Wildman–Crippen MR) is 76.7 cm³/mol. The van der Waals surface area contributed by atoms with Crippen molar-refractivity contribution in [3.8, 4) is 0 Å². The van der Waals surface area contributed by atoms with Gasteiger partial charge in [-0.1, -0.05) is 36.4 Å². The molecule has 80 valence electrons. The van der Waals surface area contributed by atoms with Crippen molar-refractivity contribution in [2.75, 3.05) is 0 Å². The summed E-state index contributed by atoms with van der Waals surface area (Å²) >= 11 is 5.61. The zero-order chi connectivity index (χ0) is 11.5. The molecule has 0 heterocycles. The molecule has 2 aromatic rings. The van der Waals surface area contributed by atoms with Crippen molar-refractivity contribution >= 4 is 44.3 Å². The van der Waals surface area contributed by atoms with Crippen LogP contribution in [0.25, 0.3) is 0 Å². The molecule has 0 N–H and O–H groups in total. The number of rotatable bonds is 2. The van der Waals surface area contributed by atoms with Gasteiger partial charge in [-0.3, -0.25) is 4.79 Å². The number of hydrogen-bond acceptors (Lipinski definition) is 1.